The first-order chi connectivity index (χ1) is 6.43. The number of aliphatic hydroxyl groups is 2. The Morgan fingerprint density at radius 2 is 1.86 bits per heavy atom. The first-order valence-corrected chi connectivity index (χ1v) is 6.35. The number of hydrogen-bond acceptors (Lipinski definition) is 4. The molecule has 0 aromatic rings. The number of rotatable bonds is 3. The van der Waals surface area contributed by atoms with Gasteiger partial charge in [-0.05, 0) is 19.8 Å². The Bertz CT molecular complexity index is 280. The van der Waals surface area contributed by atoms with Crippen LogP contribution in [0, 0.1) is 0 Å². The summed E-state index contributed by atoms with van der Waals surface area (Å²) in [7, 11) is -3.14. The molecule has 0 radical (unpaired) electrons. The molecule has 1 aliphatic heterocycles. The average molecular weight is 223 g/mol. The maximum Gasteiger partial charge on any atom is 0.213 e. The van der Waals surface area contributed by atoms with E-state index in [0.717, 1.165) is 0 Å². The van der Waals surface area contributed by atoms with Gasteiger partial charge in [0.05, 0.1) is 18.0 Å². The lowest BCUT2D eigenvalue weighted by molar-refractivity contribution is -0.0479. The molecule has 1 saturated heterocycles. The van der Waals surface area contributed by atoms with E-state index in [2.05, 4.69) is 0 Å². The minimum absolute atomic E-state index is 0.0879. The van der Waals surface area contributed by atoms with Gasteiger partial charge in [-0.1, -0.05) is 0 Å². The van der Waals surface area contributed by atoms with Crippen LogP contribution in [0.5, 0.6) is 0 Å². The molecule has 1 rings (SSSR count). The fourth-order valence-corrected chi connectivity index (χ4v) is 2.63. The molecule has 0 atom stereocenters. The third kappa shape index (κ3) is 2.44. The van der Waals surface area contributed by atoms with Crippen LogP contribution < -0.4 is 0 Å². The van der Waals surface area contributed by atoms with Gasteiger partial charge in [0.25, 0.3) is 0 Å². The van der Waals surface area contributed by atoms with Crippen molar-refractivity contribution in [1.82, 2.24) is 4.31 Å². The number of sulfonamides is 1. The Balaban J connectivity index is 2.60. The van der Waals surface area contributed by atoms with Gasteiger partial charge in [0.15, 0.2) is 0 Å². The summed E-state index contributed by atoms with van der Waals surface area (Å²) in [5.74, 6) is 0.0879. The van der Waals surface area contributed by atoms with E-state index in [1.54, 1.807) is 6.92 Å². The molecule has 0 aromatic heterocycles. The van der Waals surface area contributed by atoms with E-state index in [4.69, 9.17) is 5.11 Å². The summed E-state index contributed by atoms with van der Waals surface area (Å²) >= 11 is 0. The Morgan fingerprint density at radius 1 is 1.36 bits per heavy atom. The Labute approximate surface area is 84.4 Å². The monoisotopic (exact) mass is 223 g/mol. The normalized spacial score (nSPS) is 23.6. The van der Waals surface area contributed by atoms with Crippen LogP contribution in [0.3, 0.4) is 0 Å². The molecule has 1 fully saturated rings. The van der Waals surface area contributed by atoms with Crippen molar-refractivity contribution in [2.75, 3.05) is 25.4 Å². The van der Waals surface area contributed by atoms with Crippen LogP contribution in [0.25, 0.3) is 0 Å². The molecule has 0 unspecified atom stereocenters. The molecule has 0 amide bonds. The minimum atomic E-state index is -3.14. The van der Waals surface area contributed by atoms with Gasteiger partial charge in [-0.25, -0.2) is 12.7 Å². The molecule has 0 aromatic carbocycles. The van der Waals surface area contributed by atoms with Crippen LogP contribution in [0.15, 0.2) is 0 Å². The van der Waals surface area contributed by atoms with Gasteiger partial charge >= 0.3 is 0 Å². The summed E-state index contributed by atoms with van der Waals surface area (Å²) in [6.07, 6.45) is 0.617. The molecule has 0 bridgehead atoms. The van der Waals surface area contributed by atoms with Gasteiger partial charge < -0.3 is 10.2 Å². The predicted octanol–water partition coefficient (Wildman–Crippen LogP) is -0.845. The quantitative estimate of drug-likeness (QED) is 0.653. The molecule has 2 N–H and O–H groups in total. The van der Waals surface area contributed by atoms with Crippen LogP contribution in [0.4, 0.5) is 0 Å². The van der Waals surface area contributed by atoms with Gasteiger partial charge in [0.2, 0.25) is 10.0 Å². The molecule has 84 valence electrons. The third-order valence-electron chi connectivity index (χ3n) is 2.71. The molecule has 14 heavy (non-hydrogen) atoms. The summed E-state index contributed by atoms with van der Waals surface area (Å²) in [4.78, 5) is 0. The second-order valence-corrected chi connectivity index (χ2v) is 5.94. The van der Waals surface area contributed by atoms with Gasteiger partial charge in [-0.2, -0.15) is 0 Å². The highest BCUT2D eigenvalue weighted by atomic mass is 32.2. The van der Waals surface area contributed by atoms with Crippen LogP contribution in [-0.4, -0.2) is 54.0 Å². The van der Waals surface area contributed by atoms with Crippen molar-refractivity contribution in [3.63, 3.8) is 0 Å². The van der Waals surface area contributed by atoms with Crippen molar-refractivity contribution in [3.05, 3.63) is 0 Å². The van der Waals surface area contributed by atoms with E-state index in [-0.39, 0.29) is 12.4 Å². The van der Waals surface area contributed by atoms with Crippen molar-refractivity contribution in [2.24, 2.45) is 0 Å². The van der Waals surface area contributed by atoms with Crippen LogP contribution >= 0.6 is 0 Å². The summed E-state index contributed by atoms with van der Waals surface area (Å²) < 4.78 is 24.2. The topological polar surface area (TPSA) is 77.8 Å². The fraction of sp³-hybridized carbons (Fsp3) is 1.00. The van der Waals surface area contributed by atoms with Crippen molar-refractivity contribution in [3.8, 4) is 0 Å². The molecule has 1 heterocycles. The first kappa shape index (κ1) is 11.9. The highest BCUT2D eigenvalue weighted by molar-refractivity contribution is 7.89. The fourth-order valence-electron chi connectivity index (χ4n) is 1.52. The lowest BCUT2D eigenvalue weighted by atomic mass is 9.94. The zero-order valence-electron chi connectivity index (χ0n) is 8.31. The van der Waals surface area contributed by atoms with E-state index in [9.17, 15) is 13.5 Å². The Morgan fingerprint density at radius 3 is 2.21 bits per heavy atom. The summed E-state index contributed by atoms with van der Waals surface area (Å²) in [5, 5.41) is 18.5. The molecular formula is C8H17NO4S. The van der Waals surface area contributed by atoms with Gasteiger partial charge in [0.1, 0.15) is 0 Å². The van der Waals surface area contributed by atoms with Crippen molar-refractivity contribution in [2.45, 2.75) is 25.4 Å². The second-order valence-electron chi connectivity index (χ2n) is 3.68. The Kier molecular flexibility index (Phi) is 3.52. The van der Waals surface area contributed by atoms with Gasteiger partial charge in [-0.3, -0.25) is 0 Å². The molecule has 0 spiro atoms. The van der Waals surface area contributed by atoms with E-state index >= 15 is 0 Å². The van der Waals surface area contributed by atoms with E-state index in [1.165, 1.54) is 4.31 Å². The molecule has 0 aliphatic carbocycles. The first-order valence-electron chi connectivity index (χ1n) is 4.74. The zero-order chi connectivity index (χ0) is 10.8. The van der Waals surface area contributed by atoms with E-state index < -0.39 is 15.6 Å². The maximum atomic E-state index is 11.4. The van der Waals surface area contributed by atoms with Crippen molar-refractivity contribution in [1.29, 1.82) is 0 Å². The number of aliphatic hydroxyl groups excluding tert-OH is 1. The van der Waals surface area contributed by atoms with Crippen LogP contribution in [-0.2, 0) is 10.0 Å². The number of hydrogen-bond donors (Lipinski definition) is 2. The number of piperidine rings is 1. The highest BCUT2D eigenvalue weighted by Crippen LogP contribution is 2.23. The SMILES string of the molecule is CCS(=O)(=O)N1CCC(O)(CO)CC1. The zero-order valence-corrected chi connectivity index (χ0v) is 9.13. The average Bonchev–Trinajstić information content (AvgIpc) is 2.19. The van der Waals surface area contributed by atoms with Crippen LogP contribution in [0.1, 0.15) is 19.8 Å². The van der Waals surface area contributed by atoms with Crippen molar-refractivity contribution >= 4 is 10.0 Å². The van der Waals surface area contributed by atoms with Gasteiger partial charge in [-0.15, -0.1) is 0 Å². The number of nitrogens with zero attached hydrogens (tertiary/aromatic N) is 1. The molecule has 6 heteroatoms. The van der Waals surface area contributed by atoms with E-state index in [1.807, 2.05) is 0 Å². The minimum Gasteiger partial charge on any atom is -0.393 e. The summed E-state index contributed by atoms with van der Waals surface area (Å²) in [6, 6.07) is 0. The standard InChI is InChI=1S/C8H17NO4S/c1-2-14(12,13)9-5-3-8(11,7-10)4-6-9/h10-11H,2-7H2,1H3. The van der Waals surface area contributed by atoms with Crippen LogP contribution in [0.2, 0.25) is 0 Å². The maximum absolute atomic E-state index is 11.4. The molecule has 0 saturated carbocycles. The predicted molar refractivity (Wildman–Crippen MR) is 52.3 cm³/mol. The van der Waals surface area contributed by atoms with Crippen molar-refractivity contribution < 1.29 is 18.6 Å². The smallest absolute Gasteiger partial charge is 0.213 e. The second kappa shape index (κ2) is 4.14. The molecule has 1 aliphatic rings. The largest absolute Gasteiger partial charge is 0.393 e. The lowest BCUT2D eigenvalue weighted by Gasteiger charge is -2.36. The lowest BCUT2D eigenvalue weighted by Crippen LogP contribution is -2.48. The van der Waals surface area contributed by atoms with Gasteiger partial charge in [0, 0.05) is 13.1 Å². The summed E-state index contributed by atoms with van der Waals surface area (Å²) in [5.41, 5.74) is -1.08. The Hall–Kier alpha value is -0.170. The van der Waals surface area contributed by atoms with E-state index in [0.29, 0.717) is 25.9 Å². The molecule has 5 nitrogen and oxygen atoms in total. The molecular weight excluding hydrogens is 206 g/mol. The summed E-state index contributed by atoms with van der Waals surface area (Å²) in [6.45, 7) is 1.90. The third-order valence-corrected chi connectivity index (χ3v) is 4.59. The highest BCUT2D eigenvalue weighted by Gasteiger charge is 2.35.